The largest absolute Gasteiger partial charge is 0.502 e. The van der Waals surface area contributed by atoms with Crippen LogP contribution in [0.15, 0.2) is 36.4 Å². The molecule has 1 aliphatic rings. The van der Waals surface area contributed by atoms with Gasteiger partial charge in [0.05, 0.1) is 14.2 Å². The molecular weight excluding hydrogens is 266 g/mol. The van der Waals surface area contributed by atoms with Crippen LogP contribution in [0, 0.1) is 0 Å². The summed E-state index contributed by atoms with van der Waals surface area (Å²) in [6.45, 7) is 2.69. The minimum Gasteiger partial charge on any atom is -0.502 e. The third-order valence-corrected chi connectivity index (χ3v) is 3.85. The van der Waals surface area contributed by atoms with Crippen LogP contribution in [0.5, 0.6) is 17.2 Å². The molecule has 1 aliphatic heterocycles. The number of hydrogen-bond donors (Lipinski definition) is 1. The molecule has 2 aromatic rings. The van der Waals surface area contributed by atoms with Crippen molar-refractivity contribution < 1.29 is 14.6 Å². The van der Waals surface area contributed by atoms with E-state index in [1.165, 1.54) is 11.1 Å². The normalized spacial score (nSPS) is 14.0. The molecule has 0 unspecified atom stereocenters. The van der Waals surface area contributed by atoms with Crippen molar-refractivity contribution >= 4 is 0 Å². The van der Waals surface area contributed by atoms with E-state index < -0.39 is 0 Å². The summed E-state index contributed by atoms with van der Waals surface area (Å²) < 4.78 is 10.4. The van der Waals surface area contributed by atoms with Crippen LogP contribution >= 0.6 is 0 Å². The van der Waals surface area contributed by atoms with Gasteiger partial charge in [0.15, 0.2) is 11.5 Å². The summed E-state index contributed by atoms with van der Waals surface area (Å²) in [6, 6.07) is 12.2. The Labute approximate surface area is 124 Å². The van der Waals surface area contributed by atoms with Gasteiger partial charge in [0.25, 0.3) is 0 Å². The molecular formula is C17H19NO3. The molecule has 4 nitrogen and oxygen atoms in total. The molecule has 1 heterocycles. The van der Waals surface area contributed by atoms with Crippen LogP contribution in [0.25, 0.3) is 0 Å². The molecule has 0 atom stereocenters. The first-order chi connectivity index (χ1) is 10.2. The fourth-order valence-electron chi connectivity index (χ4n) is 2.81. The highest BCUT2D eigenvalue weighted by molar-refractivity contribution is 5.52. The predicted molar refractivity (Wildman–Crippen MR) is 80.6 cm³/mol. The number of methoxy groups -OCH3 is 2. The summed E-state index contributed by atoms with van der Waals surface area (Å²) in [5, 5.41) is 9.95. The van der Waals surface area contributed by atoms with Gasteiger partial charge in [-0.25, -0.2) is 0 Å². The number of fused-ring (bicyclic) bond motifs is 1. The van der Waals surface area contributed by atoms with Gasteiger partial charge in [-0.1, -0.05) is 24.3 Å². The van der Waals surface area contributed by atoms with Crippen LogP contribution in [0.2, 0.25) is 0 Å². The van der Waals surface area contributed by atoms with Crippen molar-refractivity contribution in [3.63, 3.8) is 0 Å². The molecule has 0 saturated heterocycles. The van der Waals surface area contributed by atoms with Crippen molar-refractivity contribution in [2.45, 2.75) is 19.6 Å². The van der Waals surface area contributed by atoms with E-state index in [2.05, 4.69) is 29.2 Å². The molecule has 3 rings (SSSR count). The number of phenols is 1. The van der Waals surface area contributed by atoms with Crippen molar-refractivity contribution in [3.05, 3.63) is 53.1 Å². The molecule has 110 valence electrons. The molecule has 1 N–H and O–H groups in total. The summed E-state index contributed by atoms with van der Waals surface area (Å²) in [6.07, 6.45) is 0. The lowest BCUT2D eigenvalue weighted by atomic mass is 10.1. The molecule has 0 aromatic heterocycles. The molecule has 0 radical (unpaired) electrons. The molecule has 0 fully saturated rings. The number of ether oxygens (including phenoxy) is 2. The number of nitrogens with zero attached hydrogens (tertiary/aromatic N) is 1. The van der Waals surface area contributed by atoms with Gasteiger partial charge in [0.2, 0.25) is 5.75 Å². The van der Waals surface area contributed by atoms with Gasteiger partial charge < -0.3 is 14.6 Å². The van der Waals surface area contributed by atoms with E-state index in [1.807, 2.05) is 12.1 Å². The number of rotatable bonds is 4. The van der Waals surface area contributed by atoms with Gasteiger partial charge in [-0.05, 0) is 28.8 Å². The van der Waals surface area contributed by atoms with Crippen molar-refractivity contribution in [3.8, 4) is 17.2 Å². The van der Waals surface area contributed by atoms with Crippen LogP contribution < -0.4 is 9.47 Å². The van der Waals surface area contributed by atoms with Gasteiger partial charge >= 0.3 is 0 Å². The van der Waals surface area contributed by atoms with Crippen LogP contribution in [0.1, 0.15) is 16.7 Å². The number of phenolic OH excluding ortho intramolecular Hbond substituents is 1. The standard InChI is InChI=1S/C17H19NO3/c1-20-15-7-12(8-16(21-2)17(15)19)9-18-10-13-5-3-4-6-14(13)11-18/h3-8,19H,9-11H2,1-2H3. The Kier molecular flexibility index (Phi) is 3.71. The zero-order chi connectivity index (χ0) is 14.8. The molecule has 0 spiro atoms. The molecule has 0 saturated carbocycles. The highest BCUT2D eigenvalue weighted by Crippen LogP contribution is 2.37. The maximum absolute atomic E-state index is 9.95. The first-order valence-electron chi connectivity index (χ1n) is 6.94. The summed E-state index contributed by atoms with van der Waals surface area (Å²) >= 11 is 0. The van der Waals surface area contributed by atoms with Gasteiger partial charge in [-0.2, -0.15) is 0 Å². The van der Waals surface area contributed by atoms with E-state index in [-0.39, 0.29) is 5.75 Å². The Morgan fingerprint density at radius 2 is 1.52 bits per heavy atom. The summed E-state index contributed by atoms with van der Waals surface area (Å²) in [5.74, 6) is 0.940. The fourth-order valence-corrected chi connectivity index (χ4v) is 2.81. The van der Waals surface area contributed by atoms with Crippen LogP contribution in [-0.4, -0.2) is 24.2 Å². The van der Waals surface area contributed by atoms with Crippen molar-refractivity contribution in [1.29, 1.82) is 0 Å². The van der Waals surface area contributed by atoms with E-state index in [4.69, 9.17) is 9.47 Å². The maximum Gasteiger partial charge on any atom is 0.200 e. The van der Waals surface area contributed by atoms with Crippen LogP contribution in [0.3, 0.4) is 0 Å². The van der Waals surface area contributed by atoms with Gasteiger partial charge in [0.1, 0.15) is 0 Å². The van der Waals surface area contributed by atoms with Gasteiger partial charge in [0, 0.05) is 19.6 Å². The second-order valence-corrected chi connectivity index (χ2v) is 5.26. The Balaban J connectivity index is 1.80. The van der Waals surface area contributed by atoms with Crippen LogP contribution in [-0.2, 0) is 19.6 Å². The monoisotopic (exact) mass is 285 g/mol. The Bertz CT molecular complexity index is 604. The number of aromatic hydroxyl groups is 1. The lowest BCUT2D eigenvalue weighted by Crippen LogP contribution is -2.15. The van der Waals surface area contributed by atoms with Gasteiger partial charge in [-0.15, -0.1) is 0 Å². The highest BCUT2D eigenvalue weighted by atomic mass is 16.5. The molecule has 4 heteroatoms. The molecule has 0 aliphatic carbocycles. The second-order valence-electron chi connectivity index (χ2n) is 5.26. The Morgan fingerprint density at radius 3 is 2.00 bits per heavy atom. The number of hydrogen-bond acceptors (Lipinski definition) is 4. The Hall–Kier alpha value is -2.20. The lowest BCUT2D eigenvalue weighted by molar-refractivity contribution is 0.273. The predicted octanol–water partition coefficient (Wildman–Crippen LogP) is 2.93. The summed E-state index contributed by atoms with van der Waals surface area (Å²) in [5.41, 5.74) is 3.83. The molecule has 2 aromatic carbocycles. The third kappa shape index (κ3) is 2.67. The van der Waals surface area contributed by atoms with Crippen molar-refractivity contribution in [2.75, 3.05) is 14.2 Å². The zero-order valence-electron chi connectivity index (χ0n) is 12.3. The fraction of sp³-hybridized carbons (Fsp3) is 0.294. The lowest BCUT2D eigenvalue weighted by Gasteiger charge is -2.17. The smallest absolute Gasteiger partial charge is 0.200 e. The average Bonchev–Trinajstić information content (AvgIpc) is 2.90. The first-order valence-corrected chi connectivity index (χ1v) is 6.94. The first kappa shape index (κ1) is 13.8. The minimum atomic E-state index is 0.0495. The second kappa shape index (κ2) is 5.66. The minimum absolute atomic E-state index is 0.0495. The summed E-state index contributed by atoms with van der Waals surface area (Å²) in [7, 11) is 3.09. The van der Waals surface area contributed by atoms with E-state index in [1.54, 1.807) is 14.2 Å². The van der Waals surface area contributed by atoms with Crippen molar-refractivity contribution in [2.24, 2.45) is 0 Å². The zero-order valence-corrected chi connectivity index (χ0v) is 12.3. The van der Waals surface area contributed by atoms with E-state index in [0.29, 0.717) is 11.5 Å². The van der Waals surface area contributed by atoms with E-state index in [9.17, 15) is 5.11 Å². The molecule has 0 bridgehead atoms. The maximum atomic E-state index is 9.95. The average molecular weight is 285 g/mol. The molecule has 21 heavy (non-hydrogen) atoms. The third-order valence-electron chi connectivity index (χ3n) is 3.85. The Morgan fingerprint density at radius 1 is 1.00 bits per heavy atom. The highest BCUT2D eigenvalue weighted by Gasteiger charge is 2.19. The quantitative estimate of drug-likeness (QED) is 0.938. The topological polar surface area (TPSA) is 41.9 Å². The molecule has 0 amide bonds. The number of benzene rings is 2. The SMILES string of the molecule is COc1cc(CN2Cc3ccccc3C2)cc(OC)c1O. The van der Waals surface area contributed by atoms with Crippen molar-refractivity contribution in [1.82, 2.24) is 4.90 Å². The van der Waals surface area contributed by atoms with Gasteiger partial charge in [-0.3, -0.25) is 4.90 Å². The van der Waals surface area contributed by atoms with Crippen LogP contribution in [0.4, 0.5) is 0 Å². The van der Waals surface area contributed by atoms with E-state index in [0.717, 1.165) is 25.2 Å². The van der Waals surface area contributed by atoms with E-state index >= 15 is 0 Å². The summed E-state index contributed by atoms with van der Waals surface area (Å²) in [4.78, 5) is 2.36.